The first-order chi connectivity index (χ1) is 9.52. The number of hydrogen-bond donors (Lipinski definition) is 2. The molecule has 0 fully saturated rings. The van der Waals surface area contributed by atoms with Crippen LogP contribution in [0.5, 0.6) is 0 Å². The van der Waals surface area contributed by atoms with E-state index in [1.165, 1.54) is 6.26 Å². The van der Waals surface area contributed by atoms with Crippen molar-refractivity contribution in [1.82, 2.24) is 10.3 Å². The molecule has 0 radical (unpaired) electrons. The van der Waals surface area contributed by atoms with Crippen LogP contribution in [0.3, 0.4) is 0 Å². The Morgan fingerprint density at radius 3 is 2.85 bits per heavy atom. The normalized spacial score (nSPS) is 10.4. The van der Waals surface area contributed by atoms with Gasteiger partial charge in [0, 0.05) is 19.5 Å². The number of carbonyl (C=O) groups excluding carboxylic acids is 2. The molecule has 112 valence electrons. The number of esters is 1. The number of nitrogens with one attached hydrogen (secondary N) is 2. The predicted molar refractivity (Wildman–Crippen MR) is 73.4 cm³/mol. The molecule has 7 heteroatoms. The zero-order valence-corrected chi connectivity index (χ0v) is 12.1. The molecule has 20 heavy (non-hydrogen) atoms. The van der Waals surface area contributed by atoms with Gasteiger partial charge in [0.1, 0.15) is 6.26 Å². The van der Waals surface area contributed by atoms with Gasteiger partial charge in [0.15, 0.2) is 5.69 Å². The van der Waals surface area contributed by atoms with E-state index < -0.39 is 5.97 Å². The Kier molecular flexibility index (Phi) is 6.55. The summed E-state index contributed by atoms with van der Waals surface area (Å²) in [6.07, 6.45) is 1.53. The first-order valence-corrected chi connectivity index (χ1v) is 6.66. The number of rotatable bonds is 8. The van der Waals surface area contributed by atoms with Crippen LogP contribution >= 0.6 is 0 Å². The van der Waals surface area contributed by atoms with E-state index in [2.05, 4.69) is 15.6 Å². The van der Waals surface area contributed by atoms with Crippen molar-refractivity contribution in [3.63, 3.8) is 0 Å². The van der Waals surface area contributed by atoms with Crippen LogP contribution in [0.4, 0.5) is 6.01 Å². The van der Waals surface area contributed by atoms with E-state index in [1.54, 1.807) is 6.92 Å². The number of carbonyl (C=O) groups is 2. The van der Waals surface area contributed by atoms with Crippen LogP contribution < -0.4 is 10.6 Å². The van der Waals surface area contributed by atoms with Gasteiger partial charge < -0.3 is 19.8 Å². The van der Waals surface area contributed by atoms with Crippen molar-refractivity contribution >= 4 is 17.9 Å². The Balaban J connectivity index is 2.29. The molecule has 0 spiro atoms. The van der Waals surface area contributed by atoms with Crippen LogP contribution in [-0.4, -0.2) is 36.6 Å². The fourth-order valence-electron chi connectivity index (χ4n) is 1.34. The largest absolute Gasteiger partial charge is 0.461 e. The number of amides is 1. The third-order valence-corrected chi connectivity index (χ3v) is 2.32. The Hall–Kier alpha value is -2.05. The van der Waals surface area contributed by atoms with Gasteiger partial charge in [-0.3, -0.25) is 4.79 Å². The molecular weight excluding hydrogens is 262 g/mol. The molecule has 0 saturated heterocycles. The monoisotopic (exact) mass is 283 g/mol. The van der Waals surface area contributed by atoms with Crippen LogP contribution in [-0.2, 0) is 9.53 Å². The molecule has 0 aliphatic rings. The van der Waals surface area contributed by atoms with Crippen molar-refractivity contribution in [2.45, 2.75) is 27.2 Å². The quantitative estimate of drug-likeness (QED) is 0.701. The van der Waals surface area contributed by atoms with E-state index >= 15 is 0 Å². The highest BCUT2D eigenvalue weighted by atomic mass is 16.5. The number of ether oxygens (including phenoxy) is 1. The fraction of sp³-hybridized carbons (Fsp3) is 0.615. The van der Waals surface area contributed by atoms with Crippen molar-refractivity contribution < 1.29 is 18.7 Å². The molecule has 0 aliphatic heterocycles. The lowest BCUT2D eigenvalue weighted by Gasteiger charge is -2.07. The summed E-state index contributed by atoms with van der Waals surface area (Å²) in [5, 5.41) is 5.64. The van der Waals surface area contributed by atoms with Gasteiger partial charge in [-0.05, 0) is 12.8 Å². The van der Waals surface area contributed by atoms with E-state index in [1.807, 2.05) is 13.8 Å². The van der Waals surface area contributed by atoms with Gasteiger partial charge in [-0.1, -0.05) is 13.8 Å². The maximum absolute atomic E-state index is 11.5. The lowest BCUT2D eigenvalue weighted by molar-refractivity contribution is -0.120. The maximum atomic E-state index is 11.5. The first-order valence-electron chi connectivity index (χ1n) is 6.66. The zero-order chi connectivity index (χ0) is 15.0. The summed E-state index contributed by atoms with van der Waals surface area (Å²) in [5.74, 6) is -0.145. The lowest BCUT2D eigenvalue weighted by Crippen LogP contribution is -2.28. The summed E-state index contributed by atoms with van der Waals surface area (Å²) in [5.41, 5.74) is 0.110. The fourth-order valence-corrected chi connectivity index (χ4v) is 1.34. The number of nitrogens with zero attached hydrogens (tertiary/aromatic N) is 1. The van der Waals surface area contributed by atoms with E-state index in [4.69, 9.17) is 9.15 Å². The highest BCUT2D eigenvalue weighted by Crippen LogP contribution is 2.08. The van der Waals surface area contributed by atoms with Gasteiger partial charge >= 0.3 is 5.97 Å². The van der Waals surface area contributed by atoms with Crippen molar-refractivity contribution in [3.8, 4) is 0 Å². The second kappa shape index (κ2) is 8.19. The molecule has 1 heterocycles. The average Bonchev–Trinajstić information content (AvgIpc) is 2.85. The molecule has 1 aromatic rings. The smallest absolute Gasteiger partial charge is 0.360 e. The molecule has 0 saturated carbocycles. The van der Waals surface area contributed by atoms with E-state index in [0.717, 1.165) is 0 Å². The minimum Gasteiger partial charge on any atom is -0.461 e. The summed E-state index contributed by atoms with van der Waals surface area (Å²) in [6.45, 7) is 7.10. The Morgan fingerprint density at radius 1 is 1.45 bits per heavy atom. The minimum absolute atomic E-state index is 0.0385. The highest BCUT2D eigenvalue weighted by Gasteiger charge is 2.13. The summed E-state index contributed by atoms with van der Waals surface area (Å²) in [6, 6.07) is 0.199. The van der Waals surface area contributed by atoms with Gasteiger partial charge in [0.25, 0.3) is 6.01 Å². The summed E-state index contributed by atoms with van der Waals surface area (Å²) in [7, 11) is 0. The van der Waals surface area contributed by atoms with Crippen LogP contribution in [0, 0.1) is 5.92 Å². The molecule has 0 aliphatic carbocycles. The molecule has 0 aromatic carbocycles. The molecule has 7 nitrogen and oxygen atoms in total. The van der Waals surface area contributed by atoms with E-state index in [0.29, 0.717) is 25.4 Å². The topological polar surface area (TPSA) is 93.5 Å². The van der Waals surface area contributed by atoms with E-state index in [-0.39, 0.29) is 24.2 Å². The van der Waals surface area contributed by atoms with Crippen LogP contribution in [0.15, 0.2) is 10.7 Å². The van der Waals surface area contributed by atoms with Crippen molar-refractivity contribution in [2.75, 3.05) is 25.0 Å². The summed E-state index contributed by atoms with van der Waals surface area (Å²) in [4.78, 5) is 26.7. The Morgan fingerprint density at radius 2 is 2.20 bits per heavy atom. The maximum Gasteiger partial charge on any atom is 0.360 e. The third-order valence-electron chi connectivity index (χ3n) is 2.32. The molecule has 2 N–H and O–H groups in total. The van der Waals surface area contributed by atoms with Crippen LogP contribution in [0.25, 0.3) is 0 Å². The van der Waals surface area contributed by atoms with Crippen molar-refractivity contribution in [2.24, 2.45) is 5.92 Å². The molecule has 1 aromatic heterocycles. The standard InChI is InChI=1S/C13H21N3O4/c1-4-19-12(18)10-8-20-13(16-10)14-6-5-11(17)15-7-9(2)3/h8-9H,4-7H2,1-3H3,(H,14,16)(H,15,17). The number of hydrogen-bond acceptors (Lipinski definition) is 6. The van der Waals surface area contributed by atoms with E-state index in [9.17, 15) is 9.59 Å². The number of anilines is 1. The van der Waals surface area contributed by atoms with Gasteiger partial charge in [0.2, 0.25) is 5.91 Å². The third kappa shape index (κ3) is 5.73. The van der Waals surface area contributed by atoms with Gasteiger partial charge in [-0.25, -0.2) is 4.79 Å². The van der Waals surface area contributed by atoms with Crippen LogP contribution in [0.1, 0.15) is 37.7 Å². The zero-order valence-electron chi connectivity index (χ0n) is 12.1. The highest BCUT2D eigenvalue weighted by molar-refractivity contribution is 5.87. The van der Waals surface area contributed by atoms with Gasteiger partial charge in [0.05, 0.1) is 6.61 Å². The Bertz CT molecular complexity index is 443. The average molecular weight is 283 g/mol. The second-order valence-corrected chi connectivity index (χ2v) is 4.63. The van der Waals surface area contributed by atoms with Crippen molar-refractivity contribution in [3.05, 3.63) is 12.0 Å². The first kappa shape index (κ1) is 16.0. The van der Waals surface area contributed by atoms with Crippen molar-refractivity contribution in [1.29, 1.82) is 0 Å². The molecule has 0 bridgehead atoms. The molecular formula is C13H21N3O4. The van der Waals surface area contributed by atoms with Crippen LogP contribution in [0.2, 0.25) is 0 Å². The predicted octanol–water partition coefficient (Wildman–Crippen LogP) is 1.43. The number of oxazole rings is 1. The Labute approximate surface area is 118 Å². The molecule has 0 atom stereocenters. The summed E-state index contributed by atoms with van der Waals surface area (Å²) >= 11 is 0. The summed E-state index contributed by atoms with van der Waals surface area (Å²) < 4.78 is 9.84. The lowest BCUT2D eigenvalue weighted by atomic mass is 10.2. The molecule has 1 amide bonds. The van der Waals surface area contributed by atoms with Gasteiger partial charge in [-0.15, -0.1) is 0 Å². The molecule has 0 unspecified atom stereocenters. The van der Waals surface area contributed by atoms with Gasteiger partial charge in [-0.2, -0.15) is 4.98 Å². The second-order valence-electron chi connectivity index (χ2n) is 4.63. The minimum atomic E-state index is -0.529. The number of aromatic nitrogens is 1. The SMILES string of the molecule is CCOC(=O)c1coc(NCCC(=O)NCC(C)C)n1. The molecule has 1 rings (SSSR count).